The fourth-order valence-electron chi connectivity index (χ4n) is 6.58. The van der Waals surface area contributed by atoms with Gasteiger partial charge in [0.05, 0.1) is 18.8 Å². The van der Waals surface area contributed by atoms with Crippen LogP contribution >= 0.6 is 11.6 Å². The third kappa shape index (κ3) is 6.57. The molecule has 15 heteroatoms. The fourth-order valence-corrected chi connectivity index (χ4v) is 6.99. The van der Waals surface area contributed by atoms with Crippen molar-refractivity contribution in [2.24, 2.45) is 0 Å². The predicted octanol–water partition coefficient (Wildman–Crippen LogP) is 4.97. The SMILES string of the molecule is CC(C)N1C(=O)N(c2ccc(N3CCN(c4ccc(OC[C@H]5OC[C@](Cn6cncn6)(c6ccc(F)cc6F)O5)cc4)CC3)cc2)C(=O)C1Cl. The number of hydrogen-bond donors (Lipinski definition) is 0. The number of carbonyl (C=O) groups excluding carboxylic acids is 2. The lowest BCUT2D eigenvalue weighted by atomic mass is 9.94. The molecule has 0 N–H and O–H groups in total. The molecule has 4 heterocycles. The van der Waals surface area contributed by atoms with Gasteiger partial charge in [0.15, 0.2) is 11.8 Å². The highest BCUT2D eigenvalue weighted by Crippen LogP contribution is 2.37. The summed E-state index contributed by atoms with van der Waals surface area (Å²) in [6.45, 7) is 6.99. The van der Waals surface area contributed by atoms with Crippen LogP contribution in [0.4, 0.5) is 30.6 Å². The van der Waals surface area contributed by atoms with E-state index in [2.05, 4.69) is 19.9 Å². The van der Waals surface area contributed by atoms with E-state index >= 15 is 0 Å². The van der Waals surface area contributed by atoms with E-state index in [-0.39, 0.29) is 31.4 Å². The number of alkyl halides is 1. The third-order valence-electron chi connectivity index (χ3n) is 9.14. The van der Waals surface area contributed by atoms with Crippen molar-refractivity contribution in [2.75, 3.05) is 54.1 Å². The zero-order valence-corrected chi connectivity index (χ0v) is 28.2. The number of nitrogens with zero attached hydrogens (tertiary/aromatic N) is 7. The van der Waals surface area contributed by atoms with Gasteiger partial charge in [-0.3, -0.25) is 9.69 Å². The molecule has 0 spiro atoms. The Kier molecular flexibility index (Phi) is 9.33. The molecule has 7 rings (SSSR count). The molecule has 12 nitrogen and oxygen atoms in total. The van der Waals surface area contributed by atoms with Crippen LogP contribution in [0.2, 0.25) is 0 Å². The van der Waals surface area contributed by atoms with Gasteiger partial charge in [-0.15, -0.1) is 0 Å². The minimum Gasteiger partial charge on any atom is -0.488 e. The van der Waals surface area contributed by atoms with Crippen LogP contribution in [0.1, 0.15) is 19.4 Å². The molecule has 3 aromatic carbocycles. The summed E-state index contributed by atoms with van der Waals surface area (Å²) in [6.07, 6.45) is 2.07. The lowest BCUT2D eigenvalue weighted by Gasteiger charge is -2.37. The Morgan fingerprint density at radius 2 is 1.58 bits per heavy atom. The maximum absolute atomic E-state index is 14.9. The standard InChI is InChI=1S/C35H36ClF2N7O5/c1-23(2)44-32(36)33(46)45(34(44)47)27-6-4-25(5-7-27)41-13-15-42(16-14-41)26-8-10-28(11-9-26)48-18-31-49-20-35(50-31,19-43-22-39-21-40-43)29-12-3-24(37)17-30(29)38/h3-12,17,21-23,31-32H,13-16,18-20H2,1-2H3/t31-,32?,35+/m0/s1. The van der Waals surface area contributed by atoms with Gasteiger partial charge in [0, 0.05) is 55.2 Å². The first-order chi connectivity index (χ1) is 24.1. The van der Waals surface area contributed by atoms with Crippen molar-refractivity contribution in [3.05, 3.63) is 96.6 Å². The van der Waals surface area contributed by atoms with Gasteiger partial charge in [-0.05, 0) is 68.4 Å². The second-order valence-corrected chi connectivity index (χ2v) is 13.1. The molecule has 3 fully saturated rings. The molecule has 262 valence electrons. The van der Waals surface area contributed by atoms with Crippen LogP contribution in [-0.2, 0) is 26.4 Å². The number of piperazine rings is 1. The molecule has 0 bridgehead atoms. The Bertz CT molecular complexity index is 1820. The first-order valence-electron chi connectivity index (χ1n) is 16.3. The number of carbonyl (C=O) groups is 2. The molecule has 3 saturated heterocycles. The number of halogens is 3. The van der Waals surface area contributed by atoms with Crippen molar-refractivity contribution < 1.29 is 32.6 Å². The zero-order chi connectivity index (χ0) is 35.0. The highest BCUT2D eigenvalue weighted by Gasteiger charge is 2.47. The summed E-state index contributed by atoms with van der Waals surface area (Å²) < 4.78 is 48.2. The highest BCUT2D eigenvalue weighted by molar-refractivity contribution is 6.39. The van der Waals surface area contributed by atoms with Crippen molar-refractivity contribution in [1.29, 1.82) is 0 Å². The Hall–Kier alpha value is -4.79. The first kappa shape index (κ1) is 33.7. The van der Waals surface area contributed by atoms with Crippen LogP contribution in [-0.4, -0.2) is 88.8 Å². The number of hydrogen-bond acceptors (Lipinski definition) is 9. The molecule has 3 amide bonds. The molecule has 1 aromatic heterocycles. The monoisotopic (exact) mass is 707 g/mol. The van der Waals surface area contributed by atoms with E-state index in [1.54, 1.807) is 12.1 Å². The highest BCUT2D eigenvalue weighted by atomic mass is 35.5. The molecular formula is C35H36ClF2N7O5. The van der Waals surface area contributed by atoms with Crippen molar-refractivity contribution in [1.82, 2.24) is 19.7 Å². The average Bonchev–Trinajstić information content (AvgIpc) is 3.83. The van der Waals surface area contributed by atoms with Crippen molar-refractivity contribution in [3.63, 3.8) is 0 Å². The first-order valence-corrected chi connectivity index (χ1v) is 16.8. The number of urea groups is 1. The lowest BCUT2D eigenvalue weighted by Crippen LogP contribution is -2.46. The quantitative estimate of drug-likeness (QED) is 0.128. The smallest absolute Gasteiger partial charge is 0.333 e. The van der Waals surface area contributed by atoms with Gasteiger partial charge >= 0.3 is 6.03 Å². The number of aromatic nitrogens is 3. The van der Waals surface area contributed by atoms with Crippen LogP contribution in [0, 0.1) is 11.6 Å². The summed E-state index contributed by atoms with van der Waals surface area (Å²) in [6, 6.07) is 17.9. The van der Waals surface area contributed by atoms with E-state index in [1.807, 2.05) is 50.2 Å². The summed E-state index contributed by atoms with van der Waals surface area (Å²) in [4.78, 5) is 36.6. The minimum atomic E-state index is -1.25. The van der Waals surface area contributed by atoms with Crippen molar-refractivity contribution in [3.8, 4) is 5.75 Å². The summed E-state index contributed by atoms with van der Waals surface area (Å²) in [7, 11) is 0. The minimum absolute atomic E-state index is 0.0157. The zero-order valence-electron chi connectivity index (χ0n) is 27.5. The normalized spacial score (nSPS) is 22.7. The second-order valence-electron chi connectivity index (χ2n) is 12.7. The Morgan fingerprint density at radius 1 is 0.940 bits per heavy atom. The molecule has 3 aliphatic heterocycles. The molecule has 0 saturated carbocycles. The van der Waals surface area contributed by atoms with Crippen LogP contribution in [0.15, 0.2) is 79.4 Å². The summed E-state index contributed by atoms with van der Waals surface area (Å²) >= 11 is 6.25. The summed E-state index contributed by atoms with van der Waals surface area (Å²) in [5.41, 5.74) is 0.459. The van der Waals surface area contributed by atoms with E-state index in [0.29, 0.717) is 11.4 Å². The molecule has 0 radical (unpaired) electrons. The molecule has 0 aliphatic carbocycles. The topological polar surface area (TPSA) is 106 Å². The van der Waals surface area contributed by atoms with Gasteiger partial charge in [-0.1, -0.05) is 17.7 Å². The van der Waals surface area contributed by atoms with Gasteiger partial charge in [0.25, 0.3) is 5.91 Å². The molecular weight excluding hydrogens is 672 g/mol. The van der Waals surface area contributed by atoms with Crippen LogP contribution in [0.25, 0.3) is 0 Å². The molecule has 50 heavy (non-hydrogen) atoms. The predicted molar refractivity (Wildman–Crippen MR) is 181 cm³/mol. The van der Waals surface area contributed by atoms with Crippen molar-refractivity contribution >= 4 is 40.6 Å². The molecule has 1 unspecified atom stereocenters. The maximum Gasteiger partial charge on any atom is 0.333 e. The second kappa shape index (κ2) is 13.8. The molecule has 4 aromatic rings. The molecule has 3 aliphatic rings. The lowest BCUT2D eigenvalue weighted by molar-refractivity contribution is -0.118. The van der Waals surface area contributed by atoms with E-state index in [1.165, 1.54) is 34.4 Å². The van der Waals surface area contributed by atoms with Crippen LogP contribution in [0.3, 0.4) is 0 Å². The van der Waals surface area contributed by atoms with E-state index < -0.39 is 41.0 Å². The maximum atomic E-state index is 14.9. The molecule has 3 atom stereocenters. The Balaban J connectivity index is 0.922. The van der Waals surface area contributed by atoms with E-state index in [4.69, 9.17) is 25.8 Å². The largest absolute Gasteiger partial charge is 0.488 e. The summed E-state index contributed by atoms with van der Waals surface area (Å²) in [5, 5.41) is 4.12. The number of anilines is 3. The van der Waals surface area contributed by atoms with Crippen LogP contribution in [0.5, 0.6) is 5.75 Å². The van der Waals surface area contributed by atoms with Crippen LogP contribution < -0.4 is 19.4 Å². The third-order valence-corrected chi connectivity index (χ3v) is 9.54. The number of rotatable bonds is 10. The van der Waals surface area contributed by atoms with Gasteiger partial charge in [-0.25, -0.2) is 28.1 Å². The van der Waals surface area contributed by atoms with E-state index in [9.17, 15) is 18.4 Å². The Morgan fingerprint density at radius 3 is 2.16 bits per heavy atom. The van der Waals surface area contributed by atoms with Gasteiger partial charge in [0.2, 0.25) is 0 Å². The Labute approximate surface area is 292 Å². The average molecular weight is 708 g/mol. The van der Waals surface area contributed by atoms with E-state index in [0.717, 1.165) is 48.5 Å². The fraction of sp³-hybridized carbons (Fsp3) is 0.371. The van der Waals surface area contributed by atoms with Crippen molar-refractivity contribution in [2.45, 2.75) is 43.8 Å². The van der Waals surface area contributed by atoms with Gasteiger partial charge in [-0.2, -0.15) is 5.10 Å². The number of ether oxygens (including phenoxy) is 3. The number of imide groups is 1. The number of benzene rings is 3. The van der Waals surface area contributed by atoms with Gasteiger partial charge < -0.3 is 24.0 Å². The van der Waals surface area contributed by atoms with Gasteiger partial charge in [0.1, 0.15) is 42.2 Å². The number of amides is 3. The summed E-state index contributed by atoms with van der Waals surface area (Å²) in [5.74, 6) is -1.24.